The van der Waals surface area contributed by atoms with E-state index in [1.54, 1.807) is 0 Å². The smallest absolute Gasteiger partial charge is 0.409 e. The maximum atomic E-state index is 5.27. The zero-order valence-corrected chi connectivity index (χ0v) is 8.32. The molecular weight excluding hydrogens is 152 g/mol. The van der Waals surface area contributed by atoms with Gasteiger partial charge < -0.3 is 8.23 Å². The van der Waals surface area contributed by atoms with E-state index in [4.69, 9.17) is 4.12 Å². The fourth-order valence-corrected chi connectivity index (χ4v) is 1.69. The van der Waals surface area contributed by atoms with E-state index < -0.39 is 8.32 Å². The lowest BCUT2D eigenvalue weighted by atomic mass is 11.8. The van der Waals surface area contributed by atoms with E-state index in [1.807, 2.05) is 0 Å². The van der Waals surface area contributed by atoms with Crippen LogP contribution in [0.4, 0.5) is 0 Å². The van der Waals surface area contributed by atoms with Crippen molar-refractivity contribution in [2.75, 3.05) is 0 Å². The van der Waals surface area contributed by atoms with Crippen LogP contribution in [0.1, 0.15) is 0 Å². The van der Waals surface area contributed by atoms with Crippen molar-refractivity contribution in [3.8, 4) is 0 Å². The van der Waals surface area contributed by atoms with Crippen molar-refractivity contribution in [1.29, 1.82) is 0 Å². The Morgan fingerprint density at radius 1 is 1.38 bits per heavy atom. The van der Waals surface area contributed by atoms with E-state index in [2.05, 4.69) is 34.2 Å². The SMILES string of the molecule is C[Si](C)(C)O[Si]O[Si]. The van der Waals surface area contributed by atoms with Gasteiger partial charge in [0.05, 0.1) is 0 Å². The summed E-state index contributed by atoms with van der Waals surface area (Å²) < 4.78 is 9.84. The molecule has 5 radical (unpaired) electrons. The molecule has 0 aliphatic carbocycles. The van der Waals surface area contributed by atoms with E-state index in [9.17, 15) is 0 Å². The van der Waals surface area contributed by atoms with Gasteiger partial charge in [0.1, 0.15) is 0 Å². The molecular formula is C3H9O2Si3. The Bertz CT molecular complexity index is 60.0. The molecule has 0 spiro atoms. The Kier molecular flexibility index (Phi) is 3.82. The lowest BCUT2D eigenvalue weighted by Crippen LogP contribution is -2.28. The summed E-state index contributed by atoms with van der Waals surface area (Å²) in [4.78, 5) is 0. The Hall–Kier alpha value is 0.571. The van der Waals surface area contributed by atoms with Gasteiger partial charge >= 0.3 is 10.0 Å². The van der Waals surface area contributed by atoms with Gasteiger partial charge in [0, 0.05) is 0 Å². The van der Waals surface area contributed by atoms with Crippen molar-refractivity contribution in [3.63, 3.8) is 0 Å². The summed E-state index contributed by atoms with van der Waals surface area (Å²) in [5.74, 6) is 0. The Labute approximate surface area is 57.3 Å². The molecule has 5 heteroatoms. The van der Waals surface area contributed by atoms with Crippen LogP contribution in [0.3, 0.4) is 0 Å². The highest BCUT2D eigenvalue weighted by Crippen LogP contribution is 1.99. The number of rotatable bonds is 3. The minimum Gasteiger partial charge on any atom is -0.435 e. The van der Waals surface area contributed by atoms with Gasteiger partial charge in [-0.3, -0.25) is 0 Å². The quantitative estimate of drug-likeness (QED) is 0.560. The average molecular weight is 161 g/mol. The van der Waals surface area contributed by atoms with E-state index in [-0.39, 0.29) is 10.0 Å². The highest BCUT2D eigenvalue weighted by Gasteiger charge is 2.13. The van der Waals surface area contributed by atoms with Crippen molar-refractivity contribution in [3.05, 3.63) is 0 Å². The maximum Gasteiger partial charge on any atom is 0.409 e. The Morgan fingerprint density at radius 3 is 2.00 bits per heavy atom. The zero-order chi connectivity index (χ0) is 6.62. The van der Waals surface area contributed by atoms with Crippen LogP contribution in [0, 0.1) is 0 Å². The molecule has 0 aromatic carbocycles. The predicted molar refractivity (Wildman–Crippen MR) is 37.0 cm³/mol. The van der Waals surface area contributed by atoms with E-state index in [0.29, 0.717) is 0 Å². The summed E-state index contributed by atoms with van der Waals surface area (Å²) in [6.07, 6.45) is 0. The summed E-state index contributed by atoms with van der Waals surface area (Å²) in [5, 5.41) is 0. The first kappa shape index (κ1) is 8.57. The minimum absolute atomic E-state index is 0.142. The first-order chi connectivity index (χ1) is 3.56. The van der Waals surface area contributed by atoms with Gasteiger partial charge in [-0.1, -0.05) is 0 Å². The lowest BCUT2D eigenvalue weighted by Gasteiger charge is -2.14. The van der Waals surface area contributed by atoms with Gasteiger partial charge in [0.15, 0.2) is 8.32 Å². The zero-order valence-electron chi connectivity index (χ0n) is 5.32. The van der Waals surface area contributed by atoms with E-state index >= 15 is 0 Å². The molecule has 0 N–H and O–H groups in total. The van der Waals surface area contributed by atoms with Crippen molar-refractivity contribution in [2.24, 2.45) is 0 Å². The molecule has 2 nitrogen and oxygen atoms in total. The molecule has 0 atom stereocenters. The maximum absolute atomic E-state index is 5.27. The summed E-state index contributed by atoms with van der Waals surface area (Å²) in [5.41, 5.74) is 0. The normalized spacial score (nSPS) is 12.0. The highest BCUT2D eigenvalue weighted by molar-refractivity contribution is 6.73. The summed E-state index contributed by atoms with van der Waals surface area (Å²) in [7, 11) is 1.67. The number of hydrogen-bond donors (Lipinski definition) is 0. The van der Waals surface area contributed by atoms with Crippen LogP contribution in [0.2, 0.25) is 19.6 Å². The first-order valence-electron chi connectivity index (χ1n) is 2.32. The third-order valence-electron chi connectivity index (χ3n) is 0.390. The largest absolute Gasteiger partial charge is 0.435 e. The van der Waals surface area contributed by atoms with Crippen LogP contribution in [-0.4, -0.2) is 28.8 Å². The first-order valence-corrected chi connectivity index (χ1v) is 6.95. The van der Waals surface area contributed by atoms with Crippen LogP contribution >= 0.6 is 0 Å². The van der Waals surface area contributed by atoms with E-state index in [1.165, 1.54) is 0 Å². The molecule has 45 valence electrons. The van der Waals surface area contributed by atoms with Crippen LogP contribution in [0.25, 0.3) is 0 Å². The average Bonchev–Trinajstić information content (AvgIpc) is 1.59. The van der Waals surface area contributed by atoms with Crippen molar-refractivity contribution in [2.45, 2.75) is 19.6 Å². The fourth-order valence-electron chi connectivity index (χ4n) is 0.146. The van der Waals surface area contributed by atoms with Crippen LogP contribution in [-0.2, 0) is 8.23 Å². The molecule has 8 heavy (non-hydrogen) atoms. The second-order valence-electron chi connectivity index (χ2n) is 2.40. The van der Waals surface area contributed by atoms with Gasteiger partial charge in [0.2, 0.25) is 10.5 Å². The van der Waals surface area contributed by atoms with Crippen LogP contribution < -0.4 is 0 Å². The highest BCUT2D eigenvalue weighted by atomic mass is 28.4. The Balaban J connectivity index is 3.11. The van der Waals surface area contributed by atoms with Crippen molar-refractivity contribution >= 4 is 28.8 Å². The molecule has 0 saturated heterocycles. The molecule has 0 aromatic rings. The van der Waals surface area contributed by atoms with E-state index in [0.717, 1.165) is 0 Å². The van der Waals surface area contributed by atoms with Gasteiger partial charge in [-0.2, -0.15) is 0 Å². The van der Waals surface area contributed by atoms with Crippen LogP contribution in [0.15, 0.2) is 0 Å². The summed E-state index contributed by atoms with van der Waals surface area (Å²) >= 11 is 0. The van der Waals surface area contributed by atoms with Gasteiger partial charge in [-0.15, -0.1) is 0 Å². The Morgan fingerprint density at radius 2 is 1.88 bits per heavy atom. The molecule has 0 aromatic heterocycles. The monoisotopic (exact) mass is 161 g/mol. The van der Waals surface area contributed by atoms with Crippen LogP contribution in [0.5, 0.6) is 0 Å². The van der Waals surface area contributed by atoms with Crippen molar-refractivity contribution in [1.82, 2.24) is 0 Å². The molecule has 0 amide bonds. The second-order valence-corrected chi connectivity index (χ2v) is 8.42. The predicted octanol–water partition coefficient (Wildman–Crippen LogP) is 0.472. The molecule has 0 unspecified atom stereocenters. The standard InChI is InChI=1S/C3H9O2Si3/c1-8(2,3)5-7-4-6/h1-3H3. The molecule has 0 fully saturated rings. The second kappa shape index (κ2) is 3.57. The minimum atomic E-state index is -1.32. The molecule has 0 rings (SSSR count). The topological polar surface area (TPSA) is 18.5 Å². The van der Waals surface area contributed by atoms with Gasteiger partial charge in [-0.25, -0.2) is 0 Å². The van der Waals surface area contributed by atoms with Gasteiger partial charge in [0.25, 0.3) is 0 Å². The molecule has 0 heterocycles. The summed E-state index contributed by atoms with van der Waals surface area (Å²) in [6, 6.07) is 0. The number of hydrogen-bond acceptors (Lipinski definition) is 2. The van der Waals surface area contributed by atoms with Crippen molar-refractivity contribution < 1.29 is 8.23 Å². The third kappa shape index (κ3) is 6.57. The third-order valence-corrected chi connectivity index (χ3v) is 3.51. The lowest BCUT2D eigenvalue weighted by molar-refractivity contribution is 0.482. The molecule has 0 bridgehead atoms. The molecule has 0 saturated carbocycles. The molecule has 0 aliphatic rings. The van der Waals surface area contributed by atoms with Gasteiger partial charge in [-0.05, 0) is 19.6 Å². The fraction of sp³-hybridized carbons (Fsp3) is 1.00. The molecule has 0 aliphatic heterocycles. The summed E-state index contributed by atoms with van der Waals surface area (Å²) in [6.45, 7) is 6.35.